The second-order valence-corrected chi connectivity index (χ2v) is 10.7. The minimum atomic E-state index is -0.0906. The van der Waals surface area contributed by atoms with Gasteiger partial charge in [0.2, 0.25) is 0 Å². The second-order valence-electron chi connectivity index (χ2n) is 10.7. The smallest absolute Gasteiger partial charge is 0.308 e. The first-order chi connectivity index (χ1) is 17.9. The minimum absolute atomic E-state index is 0.0906. The number of rotatable bonds is 8. The first-order valence-corrected chi connectivity index (χ1v) is 13.5. The van der Waals surface area contributed by atoms with Gasteiger partial charge in [-0.2, -0.15) is 0 Å². The van der Waals surface area contributed by atoms with E-state index < -0.39 is 0 Å². The molecule has 2 atom stereocenters. The van der Waals surface area contributed by atoms with E-state index in [1.807, 2.05) is 73.3 Å². The number of piperazine rings is 1. The van der Waals surface area contributed by atoms with Gasteiger partial charge in [0.25, 0.3) is 0 Å². The largest absolute Gasteiger partial charge is 0.326 e. The summed E-state index contributed by atoms with van der Waals surface area (Å²) in [6.45, 7) is 12.1. The number of aromatic nitrogens is 3. The molecule has 8 heteroatoms. The van der Waals surface area contributed by atoms with Gasteiger partial charge in [0.1, 0.15) is 5.82 Å². The van der Waals surface area contributed by atoms with E-state index in [1.54, 1.807) is 0 Å². The summed E-state index contributed by atoms with van der Waals surface area (Å²) in [5.74, 6) is 2.35. The molecule has 2 bridgehead atoms. The molecule has 2 aliphatic rings. The van der Waals surface area contributed by atoms with Crippen LogP contribution in [0.1, 0.15) is 56.2 Å². The van der Waals surface area contributed by atoms with Crippen molar-refractivity contribution in [2.24, 2.45) is 0 Å². The Hall–Kier alpha value is -3.39. The summed E-state index contributed by atoms with van der Waals surface area (Å²) in [6.07, 6.45) is 3.36. The topological polar surface area (TPSA) is 69.5 Å². The fourth-order valence-corrected chi connectivity index (χ4v) is 5.78. The molecule has 5 rings (SSSR count). The molecule has 2 amide bonds. The average Bonchev–Trinajstić information content (AvgIpc) is 3.39. The van der Waals surface area contributed by atoms with E-state index in [-0.39, 0.29) is 6.03 Å². The monoisotopic (exact) mass is 501 g/mol. The van der Waals surface area contributed by atoms with Crippen LogP contribution >= 0.6 is 0 Å². The molecule has 0 aliphatic carbocycles. The van der Waals surface area contributed by atoms with E-state index in [0.29, 0.717) is 24.5 Å². The molecular weight excluding hydrogens is 462 g/mol. The molecule has 1 N–H and O–H groups in total. The van der Waals surface area contributed by atoms with Crippen molar-refractivity contribution in [2.45, 2.75) is 65.0 Å². The van der Waals surface area contributed by atoms with Gasteiger partial charge in [0.05, 0.1) is 13.1 Å². The molecule has 0 radical (unpaired) electrons. The Bertz CT molecular complexity index is 1180. The van der Waals surface area contributed by atoms with E-state index in [1.165, 1.54) is 18.4 Å². The number of para-hydroxylation sites is 1. The van der Waals surface area contributed by atoms with Crippen molar-refractivity contribution in [3.8, 4) is 0 Å². The van der Waals surface area contributed by atoms with Gasteiger partial charge < -0.3 is 10.3 Å². The number of anilines is 2. The van der Waals surface area contributed by atoms with Crippen LogP contribution in [0, 0.1) is 13.8 Å². The summed E-state index contributed by atoms with van der Waals surface area (Å²) < 4.78 is 2.25. The van der Waals surface area contributed by atoms with E-state index in [4.69, 9.17) is 0 Å². The quantitative estimate of drug-likeness (QED) is 0.474. The number of fused-ring (bicyclic) bond motifs is 2. The molecule has 196 valence electrons. The van der Waals surface area contributed by atoms with Crippen LogP contribution in [0.2, 0.25) is 0 Å². The van der Waals surface area contributed by atoms with E-state index >= 15 is 0 Å². The molecular formula is C29H39N7O. The van der Waals surface area contributed by atoms with Crippen molar-refractivity contribution < 1.29 is 4.79 Å². The van der Waals surface area contributed by atoms with Gasteiger partial charge >= 0.3 is 6.03 Å². The number of hydrogen-bond acceptors (Lipinski definition) is 5. The number of aryl methyl sites for hydroxylation is 2. The molecule has 2 aliphatic heterocycles. The number of benzene rings is 2. The Morgan fingerprint density at radius 1 is 1.00 bits per heavy atom. The highest BCUT2D eigenvalue weighted by Gasteiger charge is 2.40. The summed E-state index contributed by atoms with van der Waals surface area (Å²) in [6, 6.07) is 18.9. The lowest BCUT2D eigenvalue weighted by molar-refractivity contribution is 0.152. The molecule has 3 heterocycles. The van der Waals surface area contributed by atoms with Crippen LogP contribution in [0.5, 0.6) is 0 Å². The van der Waals surface area contributed by atoms with Crippen LogP contribution in [0.4, 0.5) is 16.2 Å². The number of urea groups is 1. The highest BCUT2D eigenvalue weighted by atomic mass is 16.2. The number of nitrogens with one attached hydrogen (secondary N) is 1. The van der Waals surface area contributed by atoms with Gasteiger partial charge in [-0.15, -0.1) is 10.2 Å². The summed E-state index contributed by atoms with van der Waals surface area (Å²) in [5.41, 5.74) is 2.91. The highest BCUT2D eigenvalue weighted by Crippen LogP contribution is 2.31. The molecule has 1 aromatic heterocycles. The number of carbonyl (C=O) groups is 1. The number of nitrogens with zero attached hydrogens (tertiary/aromatic N) is 6. The van der Waals surface area contributed by atoms with Crippen LogP contribution in [-0.4, -0.2) is 64.1 Å². The number of amides is 2. The Morgan fingerprint density at radius 3 is 2.32 bits per heavy atom. The van der Waals surface area contributed by atoms with Gasteiger partial charge in [-0.25, -0.2) is 9.47 Å². The van der Waals surface area contributed by atoms with E-state index in [2.05, 4.69) is 43.9 Å². The Kier molecular flexibility index (Phi) is 7.46. The number of carbonyl (C=O) groups excluding carboxylic acids is 1. The predicted molar refractivity (Wildman–Crippen MR) is 149 cm³/mol. The van der Waals surface area contributed by atoms with Gasteiger partial charge in [0.15, 0.2) is 5.82 Å². The summed E-state index contributed by atoms with van der Waals surface area (Å²) in [5, 5.41) is 14.3. The van der Waals surface area contributed by atoms with Gasteiger partial charge in [-0.3, -0.25) is 9.80 Å². The molecule has 0 spiro atoms. The van der Waals surface area contributed by atoms with Crippen molar-refractivity contribution in [3.05, 3.63) is 71.8 Å². The molecule has 2 fully saturated rings. The molecule has 8 nitrogen and oxygen atoms in total. The van der Waals surface area contributed by atoms with Gasteiger partial charge in [-0.1, -0.05) is 49.7 Å². The summed E-state index contributed by atoms with van der Waals surface area (Å²) in [7, 11) is 0. The molecule has 2 aromatic carbocycles. The number of hydrogen-bond donors (Lipinski definition) is 1. The maximum absolute atomic E-state index is 13.3. The lowest BCUT2D eigenvalue weighted by atomic mass is 10.2. The maximum atomic E-state index is 13.3. The maximum Gasteiger partial charge on any atom is 0.326 e. The SMILES string of the molecule is Cc1ccc(NC(=O)N(CCCN2C3CCC2CN(n2c(C)nnc2C(C)C)C3)c2ccccc2)cc1. The zero-order valence-corrected chi connectivity index (χ0v) is 22.5. The van der Waals surface area contributed by atoms with Crippen LogP contribution < -0.4 is 15.2 Å². The van der Waals surface area contributed by atoms with Crippen molar-refractivity contribution in [1.29, 1.82) is 0 Å². The highest BCUT2D eigenvalue weighted by molar-refractivity contribution is 6.01. The second kappa shape index (κ2) is 10.9. The van der Waals surface area contributed by atoms with Crippen LogP contribution in [0.25, 0.3) is 0 Å². The zero-order chi connectivity index (χ0) is 25.9. The molecule has 3 aromatic rings. The van der Waals surface area contributed by atoms with Gasteiger partial charge in [-0.05, 0) is 57.4 Å². The van der Waals surface area contributed by atoms with Crippen LogP contribution in [-0.2, 0) is 0 Å². The third-order valence-electron chi connectivity index (χ3n) is 7.65. The summed E-state index contributed by atoms with van der Waals surface area (Å²) in [4.78, 5) is 17.8. The average molecular weight is 502 g/mol. The lowest BCUT2D eigenvalue weighted by Crippen LogP contribution is -2.58. The van der Waals surface area contributed by atoms with Crippen LogP contribution in [0.15, 0.2) is 54.6 Å². The fourth-order valence-electron chi connectivity index (χ4n) is 5.78. The predicted octanol–water partition coefficient (Wildman–Crippen LogP) is 4.93. The van der Waals surface area contributed by atoms with E-state index in [9.17, 15) is 4.79 Å². The van der Waals surface area contributed by atoms with Crippen molar-refractivity contribution >= 4 is 17.4 Å². The van der Waals surface area contributed by atoms with Crippen molar-refractivity contribution in [2.75, 3.05) is 41.4 Å². The lowest BCUT2D eigenvalue weighted by Gasteiger charge is -2.43. The standard InChI is InChI=1S/C29H39N7O/c1-21(2)28-32-31-23(4)36(28)33-19-26-15-16-27(20-33)34(26)17-8-18-35(25-9-6-5-7-10-25)29(37)30-24-13-11-22(3)12-14-24/h5-7,9-14,21,26-27H,8,15-20H2,1-4H3,(H,30,37). The normalized spacial score (nSPS) is 19.4. The first-order valence-electron chi connectivity index (χ1n) is 13.5. The van der Waals surface area contributed by atoms with Crippen LogP contribution in [0.3, 0.4) is 0 Å². The van der Waals surface area contributed by atoms with Gasteiger partial charge in [0, 0.05) is 42.5 Å². The molecule has 0 saturated carbocycles. The summed E-state index contributed by atoms with van der Waals surface area (Å²) >= 11 is 0. The molecule has 37 heavy (non-hydrogen) atoms. The Labute approximate surface area is 220 Å². The van der Waals surface area contributed by atoms with Crippen molar-refractivity contribution in [3.63, 3.8) is 0 Å². The Morgan fingerprint density at radius 2 is 1.68 bits per heavy atom. The third-order valence-corrected chi connectivity index (χ3v) is 7.65. The molecule has 2 saturated heterocycles. The Balaban J connectivity index is 1.23. The third kappa shape index (κ3) is 5.49. The zero-order valence-electron chi connectivity index (χ0n) is 22.5. The fraction of sp³-hybridized carbons (Fsp3) is 0.483. The van der Waals surface area contributed by atoms with E-state index in [0.717, 1.165) is 49.1 Å². The first kappa shape index (κ1) is 25.3. The minimum Gasteiger partial charge on any atom is -0.308 e. The van der Waals surface area contributed by atoms with Crippen molar-refractivity contribution in [1.82, 2.24) is 19.8 Å². The molecule has 2 unspecified atom stereocenters.